The second-order valence-corrected chi connectivity index (χ2v) is 6.40. The van der Waals surface area contributed by atoms with Gasteiger partial charge in [-0.3, -0.25) is 9.52 Å². The summed E-state index contributed by atoms with van der Waals surface area (Å²) in [7, 11) is -1.64. The molecule has 112 valence electrons. The summed E-state index contributed by atoms with van der Waals surface area (Å²) in [5, 5.41) is 0. The summed E-state index contributed by atoms with van der Waals surface area (Å²) in [6, 6.07) is 6.26. The topological polar surface area (TPSA) is 95.2 Å². The lowest BCUT2D eigenvalue weighted by Gasteiger charge is -2.16. The van der Waals surface area contributed by atoms with Gasteiger partial charge in [-0.05, 0) is 24.3 Å². The third kappa shape index (κ3) is 4.32. The van der Waals surface area contributed by atoms with Crippen molar-refractivity contribution in [3.8, 4) is 0 Å². The van der Waals surface area contributed by atoms with Crippen LogP contribution < -0.4 is 4.72 Å². The molecule has 2 aromatic rings. The Labute approximate surface area is 123 Å². The van der Waals surface area contributed by atoms with Gasteiger partial charge >= 0.3 is 0 Å². The van der Waals surface area contributed by atoms with Crippen LogP contribution in [-0.4, -0.2) is 42.5 Å². The molecule has 0 bridgehead atoms. The molecule has 2 rings (SSSR count). The average molecular weight is 308 g/mol. The van der Waals surface area contributed by atoms with Gasteiger partial charge in [0.1, 0.15) is 5.82 Å². The molecule has 0 aliphatic heterocycles. The van der Waals surface area contributed by atoms with Crippen molar-refractivity contribution >= 4 is 21.6 Å². The van der Waals surface area contributed by atoms with Crippen molar-refractivity contribution in [2.24, 2.45) is 0 Å². The minimum Gasteiger partial charge on any atom is -0.347 e. The summed E-state index contributed by atoms with van der Waals surface area (Å²) < 4.78 is 24.6. The van der Waals surface area contributed by atoms with E-state index in [2.05, 4.69) is 14.7 Å². The molecule has 1 aromatic heterocycles. The Morgan fingerprint density at radius 1 is 1.33 bits per heavy atom. The van der Waals surface area contributed by atoms with Crippen LogP contribution in [0.4, 0.5) is 5.69 Å². The van der Waals surface area contributed by atoms with E-state index in [0.717, 1.165) is 6.26 Å². The van der Waals surface area contributed by atoms with Gasteiger partial charge in [-0.2, -0.15) is 0 Å². The highest BCUT2D eigenvalue weighted by atomic mass is 32.2. The number of amides is 1. The van der Waals surface area contributed by atoms with E-state index in [1.54, 1.807) is 43.7 Å². The maximum Gasteiger partial charge on any atom is 0.254 e. The van der Waals surface area contributed by atoms with Crippen molar-refractivity contribution in [3.63, 3.8) is 0 Å². The van der Waals surface area contributed by atoms with E-state index in [1.165, 1.54) is 4.90 Å². The van der Waals surface area contributed by atoms with Crippen molar-refractivity contribution in [1.82, 2.24) is 14.9 Å². The van der Waals surface area contributed by atoms with Crippen LogP contribution in [0.3, 0.4) is 0 Å². The number of carbonyl (C=O) groups excluding carboxylic acids is 1. The zero-order valence-electron chi connectivity index (χ0n) is 11.7. The lowest BCUT2D eigenvalue weighted by atomic mass is 10.2. The quantitative estimate of drug-likeness (QED) is 0.863. The normalized spacial score (nSPS) is 11.1. The van der Waals surface area contributed by atoms with E-state index in [1.807, 2.05) is 0 Å². The Morgan fingerprint density at radius 2 is 2.00 bits per heavy atom. The zero-order valence-corrected chi connectivity index (χ0v) is 12.5. The number of sulfonamides is 1. The van der Waals surface area contributed by atoms with Crippen LogP contribution >= 0.6 is 0 Å². The third-order valence-corrected chi connectivity index (χ3v) is 3.33. The average Bonchev–Trinajstić information content (AvgIpc) is 2.90. The van der Waals surface area contributed by atoms with E-state index < -0.39 is 10.0 Å². The smallest absolute Gasteiger partial charge is 0.254 e. The van der Waals surface area contributed by atoms with Gasteiger partial charge in [0.15, 0.2) is 0 Å². The first-order valence-electron chi connectivity index (χ1n) is 6.17. The van der Waals surface area contributed by atoms with E-state index in [9.17, 15) is 13.2 Å². The number of benzene rings is 1. The van der Waals surface area contributed by atoms with Crippen LogP contribution in [0.25, 0.3) is 0 Å². The molecule has 8 heteroatoms. The number of hydrogen-bond donors (Lipinski definition) is 2. The second-order valence-electron chi connectivity index (χ2n) is 4.65. The minimum absolute atomic E-state index is 0.169. The Balaban J connectivity index is 2.05. The number of aromatic amines is 1. The Bertz CT molecular complexity index is 708. The fourth-order valence-corrected chi connectivity index (χ4v) is 2.36. The van der Waals surface area contributed by atoms with E-state index in [-0.39, 0.29) is 5.91 Å². The predicted molar refractivity (Wildman–Crippen MR) is 79.3 cm³/mol. The number of nitrogens with one attached hydrogen (secondary N) is 2. The monoisotopic (exact) mass is 308 g/mol. The molecule has 0 aliphatic carbocycles. The number of carbonyl (C=O) groups is 1. The predicted octanol–water partition coefficient (Wildman–Crippen LogP) is 1.05. The van der Waals surface area contributed by atoms with Crippen LogP contribution in [0.2, 0.25) is 0 Å². The van der Waals surface area contributed by atoms with Gasteiger partial charge in [0, 0.05) is 30.7 Å². The minimum atomic E-state index is -3.32. The zero-order chi connectivity index (χ0) is 15.5. The van der Waals surface area contributed by atoms with Gasteiger partial charge in [0.2, 0.25) is 10.0 Å². The molecule has 0 radical (unpaired) electrons. The first kappa shape index (κ1) is 15.0. The molecular weight excluding hydrogens is 292 g/mol. The van der Waals surface area contributed by atoms with E-state index in [0.29, 0.717) is 23.6 Å². The Hall–Kier alpha value is -2.35. The van der Waals surface area contributed by atoms with E-state index >= 15 is 0 Å². The highest BCUT2D eigenvalue weighted by Gasteiger charge is 2.13. The standard InChI is InChI=1S/C13H16N4O3S/c1-17(9-12-14-7-8-15-12)13(18)10-3-5-11(6-4-10)16-21(2,19)20/h3-8,16H,9H2,1-2H3,(H,14,15). The first-order chi connectivity index (χ1) is 9.85. The van der Waals surface area contributed by atoms with Gasteiger partial charge < -0.3 is 9.88 Å². The number of nitrogens with zero attached hydrogens (tertiary/aromatic N) is 2. The van der Waals surface area contributed by atoms with Gasteiger partial charge in [0.25, 0.3) is 5.91 Å². The molecule has 1 amide bonds. The van der Waals surface area contributed by atoms with Crippen molar-refractivity contribution in [1.29, 1.82) is 0 Å². The Kier molecular flexibility index (Phi) is 4.27. The largest absolute Gasteiger partial charge is 0.347 e. The highest BCUT2D eigenvalue weighted by molar-refractivity contribution is 7.92. The molecule has 1 aromatic carbocycles. The van der Waals surface area contributed by atoms with Gasteiger partial charge in [-0.15, -0.1) is 0 Å². The maximum atomic E-state index is 12.2. The number of imidazole rings is 1. The fourth-order valence-electron chi connectivity index (χ4n) is 1.80. The van der Waals surface area contributed by atoms with Crippen molar-refractivity contribution in [3.05, 3.63) is 48.0 Å². The summed E-state index contributed by atoms with van der Waals surface area (Å²) in [4.78, 5) is 20.7. The molecule has 7 nitrogen and oxygen atoms in total. The third-order valence-electron chi connectivity index (χ3n) is 2.72. The summed E-state index contributed by atoms with van der Waals surface area (Å²) in [6.45, 7) is 0.370. The molecule has 0 fully saturated rings. The number of rotatable bonds is 5. The molecule has 1 heterocycles. The number of hydrogen-bond acceptors (Lipinski definition) is 4. The van der Waals surface area contributed by atoms with Crippen LogP contribution in [0, 0.1) is 0 Å². The van der Waals surface area contributed by atoms with Gasteiger partial charge in [-0.25, -0.2) is 13.4 Å². The number of aromatic nitrogens is 2. The van der Waals surface area contributed by atoms with Crippen LogP contribution in [-0.2, 0) is 16.6 Å². The molecular formula is C13H16N4O3S. The SMILES string of the molecule is CN(Cc1ncc[nH]1)C(=O)c1ccc(NS(C)(=O)=O)cc1. The summed E-state index contributed by atoms with van der Waals surface area (Å²) in [5.74, 6) is 0.526. The molecule has 0 spiro atoms. The Morgan fingerprint density at radius 3 is 2.52 bits per heavy atom. The van der Waals surface area contributed by atoms with Gasteiger partial charge in [-0.1, -0.05) is 0 Å². The van der Waals surface area contributed by atoms with Crippen molar-refractivity contribution < 1.29 is 13.2 Å². The van der Waals surface area contributed by atoms with Gasteiger partial charge in [0.05, 0.1) is 12.8 Å². The molecule has 2 N–H and O–H groups in total. The second kappa shape index (κ2) is 5.96. The van der Waals surface area contributed by atoms with Crippen molar-refractivity contribution in [2.45, 2.75) is 6.54 Å². The molecule has 0 saturated heterocycles. The lowest BCUT2D eigenvalue weighted by molar-refractivity contribution is 0.0782. The molecule has 0 unspecified atom stereocenters. The lowest BCUT2D eigenvalue weighted by Crippen LogP contribution is -2.26. The molecule has 21 heavy (non-hydrogen) atoms. The fraction of sp³-hybridized carbons (Fsp3) is 0.231. The molecule has 0 atom stereocenters. The maximum absolute atomic E-state index is 12.2. The highest BCUT2D eigenvalue weighted by Crippen LogP contribution is 2.13. The summed E-state index contributed by atoms with van der Waals surface area (Å²) in [6.07, 6.45) is 4.39. The van der Waals surface area contributed by atoms with Crippen molar-refractivity contribution in [2.75, 3.05) is 18.0 Å². The summed E-state index contributed by atoms with van der Waals surface area (Å²) >= 11 is 0. The number of anilines is 1. The first-order valence-corrected chi connectivity index (χ1v) is 8.06. The summed E-state index contributed by atoms with van der Waals surface area (Å²) in [5.41, 5.74) is 0.894. The van der Waals surface area contributed by atoms with Crippen LogP contribution in [0.1, 0.15) is 16.2 Å². The van der Waals surface area contributed by atoms with Crippen LogP contribution in [0.15, 0.2) is 36.7 Å². The number of H-pyrrole nitrogens is 1. The van der Waals surface area contributed by atoms with Crippen LogP contribution in [0.5, 0.6) is 0 Å². The van der Waals surface area contributed by atoms with E-state index in [4.69, 9.17) is 0 Å². The molecule has 0 saturated carbocycles. The molecule has 0 aliphatic rings.